The Bertz CT molecular complexity index is 764. The van der Waals surface area contributed by atoms with Crippen LogP contribution in [0.25, 0.3) is 0 Å². The lowest BCUT2D eigenvalue weighted by molar-refractivity contribution is -0.121. The van der Waals surface area contributed by atoms with Crippen LogP contribution in [0.3, 0.4) is 0 Å². The van der Waals surface area contributed by atoms with Crippen LogP contribution in [0, 0.1) is 0 Å². The zero-order chi connectivity index (χ0) is 18.1. The molecule has 0 heterocycles. The molecule has 0 spiro atoms. The first-order valence-electron chi connectivity index (χ1n) is 7.95. The van der Waals surface area contributed by atoms with Gasteiger partial charge in [-0.15, -0.1) is 0 Å². The number of ether oxygens (including phenoxy) is 1. The fourth-order valence-corrected chi connectivity index (χ4v) is 3.20. The fraction of sp³-hybridized carbons (Fsp3) is 0.278. The van der Waals surface area contributed by atoms with Crippen molar-refractivity contribution < 1.29 is 17.9 Å². The smallest absolute Gasteiger partial charge is 0.236 e. The molecule has 0 saturated heterocycles. The molecule has 0 saturated carbocycles. The summed E-state index contributed by atoms with van der Waals surface area (Å²) in [6, 6.07) is 18.0. The van der Waals surface area contributed by atoms with E-state index < -0.39 is 10.0 Å². The standard InChI is InChI=1S/C18H22N2O4S/c1-20(16-8-4-2-5-9-16)25(22,23)15-13-19-18(21)12-14-24-17-10-6-3-7-11-17/h2-11H,12-15H2,1H3,(H,19,21). The summed E-state index contributed by atoms with van der Waals surface area (Å²) in [6.45, 7) is 0.302. The van der Waals surface area contributed by atoms with Crippen LogP contribution in [0.2, 0.25) is 0 Å². The maximum Gasteiger partial charge on any atom is 0.236 e. The number of amides is 1. The van der Waals surface area contributed by atoms with Crippen LogP contribution < -0.4 is 14.4 Å². The fourth-order valence-electron chi connectivity index (χ4n) is 2.12. The van der Waals surface area contributed by atoms with Crippen molar-refractivity contribution in [3.63, 3.8) is 0 Å². The highest BCUT2D eigenvalue weighted by Gasteiger charge is 2.18. The molecular weight excluding hydrogens is 340 g/mol. The topological polar surface area (TPSA) is 75.7 Å². The highest BCUT2D eigenvalue weighted by Crippen LogP contribution is 2.15. The van der Waals surface area contributed by atoms with Gasteiger partial charge in [-0.3, -0.25) is 9.10 Å². The third-order valence-corrected chi connectivity index (χ3v) is 5.33. The number of para-hydroxylation sites is 2. The van der Waals surface area contributed by atoms with Gasteiger partial charge in [0, 0.05) is 13.6 Å². The molecule has 25 heavy (non-hydrogen) atoms. The molecule has 134 valence electrons. The number of carbonyl (C=O) groups is 1. The average molecular weight is 362 g/mol. The second-order valence-electron chi connectivity index (χ2n) is 5.38. The molecule has 0 bridgehead atoms. The average Bonchev–Trinajstić information content (AvgIpc) is 2.62. The number of sulfonamides is 1. The van der Waals surface area contributed by atoms with Gasteiger partial charge in [0.15, 0.2) is 0 Å². The van der Waals surface area contributed by atoms with E-state index in [2.05, 4.69) is 5.32 Å². The quantitative estimate of drug-likeness (QED) is 0.741. The van der Waals surface area contributed by atoms with Gasteiger partial charge in [0.2, 0.25) is 15.9 Å². The number of nitrogens with zero attached hydrogens (tertiary/aromatic N) is 1. The summed E-state index contributed by atoms with van der Waals surface area (Å²) in [7, 11) is -1.98. The summed E-state index contributed by atoms with van der Waals surface area (Å²) >= 11 is 0. The van der Waals surface area contributed by atoms with E-state index in [4.69, 9.17) is 4.74 Å². The van der Waals surface area contributed by atoms with Gasteiger partial charge in [-0.05, 0) is 24.3 Å². The zero-order valence-corrected chi connectivity index (χ0v) is 14.9. The lowest BCUT2D eigenvalue weighted by Gasteiger charge is -2.19. The second kappa shape index (κ2) is 9.08. The van der Waals surface area contributed by atoms with Crippen molar-refractivity contribution in [1.29, 1.82) is 0 Å². The van der Waals surface area contributed by atoms with Crippen LogP contribution >= 0.6 is 0 Å². The summed E-state index contributed by atoms with van der Waals surface area (Å²) in [5, 5.41) is 2.61. The highest BCUT2D eigenvalue weighted by atomic mass is 32.2. The summed E-state index contributed by atoms with van der Waals surface area (Å²) in [5.74, 6) is 0.291. The molecule has 2 aromatic carbocycles. The lowest BCUT2D eigenvalue weighted by atomic mass is 10.3. The predicted octanol–water partition coefficient (Wildman–Crippen LogP) is 2.04. The van der Waals surface area contributed by atoms with Crippen LogP contribution in [0.1, 0.15) is 6.42 Å². The third-order valence-electron chi connectivity index (χ3n) is 3.56. The van der Waals surface area contributed by atoms with E-state index in [1.807, 2.05) is 36.4 Å². The molecule has 0 fully saturated rings. The Morgan fingerprint density at radius 2 is 1.64 bits per heavy atom. The third kappa shape index (κ3) is 6.11. The molecule has 0 aliphatic carbocycles. The van der Waals surface area contributed by atoms with Gasteiger partial charge in [0.1, 0.15) is 5.75 Å². The summed E-state index contributed by atoms with van der Waals surface area (Å²) in [4.78, 5) is 11.8. The molecule has 1 N–H and O–H groups in total. The molecule has 6 nitrogen and oxygen atoms in total. The highest BCUT2D eigenvalue weighted by molar-refractivity contribution is 7.92. The van der Waals surface area contributed by atoms with Crippen molar-refractivity contribution in [1.82, 2.24) is 5.32 Å². The van der Waals surface area contributed by atoms with Crippen LogP contribution in [-0.4, -0.2) is 40.3 Å². The molecule has 1 amide bonds. The summed E-state index contributed by atoms with van der Waals surface area (Å²) < 4.78 is 31.2. The van der Waals surface area contributed by atoms with Crippen molar-refractivity contribution in [2.45, 2.75) is 6.42 Å². The molecule has 0 atom stereocenters. The Kier molecular flexibility index (Phi) is 6.82. The van der Waals surface area contributed by atoms with Gasteiger partial charge in [-0.25, -0.2) is 8.42 Å². The summed E-state index contributed by atoms with van der Waals surface area (Å²) in [5.41, 5.74) is 0.588. The molecule has 0 aliphatic rings. The Balaban J connectivity index is 1.71. The lowest BCUT2D eigenvalue weighted by Crippen LogP contribution is -2.36. The number of benzene rings is 2. The number of nitrogens with one attached hydrogen (secondary N) is 1. The van der Waals surface area contributed by atoms with Crippen molar-refractivity contribution in [3.8, 4) is 5.75 Å². The van der Waals surface area contributed by atoms with E-state index in [9.17, 15) is 13.2 Å². The molecule has 0 radical (unpaired) electrons. The van der Waals surface area contributed by atoms with Gasteiger partial charge in [-0.2, -0.15) is 0 Å². The van der Waals surface area contributed by atoms with Gasteiger partial charge in [0.25, 0.3) is 0 Å². The van der Waals surface area contributed by atoms with Crippen LogP contribution in [0.5, 0.6) is 5.75 Å². The molecule has 0 unspecified atom stereocenters. The van der Waals surface area contributed by atoms with E-state index in [1.165, 1.54) is 11.4 Å². The minimum absolute atomic E-state index is 0.0592. The van der Waals surface area contributed by atoms with Crippen molar-refractivity contribution in [2.24, 2.45) is 0 Å². The Labute approximate surface area is 148 Å². The molecule has 2 rings (SSSR count). The molecule has 0 aromatic heterocycles. The van der Waals surface area contributed by atoms with Crippen LogP contribution in [-0.2, 0) is 14.8 Å². The van der Waals surface area contributed by atoms with Crippen LogP contribution in [0.4, 0.5) is 5.69 Å². The maximum atomic E-state index is 12.3. The molecule has 0 aliphatic heterocycles. The van der Waals surface area contributed by atoms with E-state index in [0.29, 0.717) is 11.4 Å². The Hall–Kier alpha value is -2.54. The summed E-state index contributed by atoms with van der Waals surface area (Å²) in [6.07, 6.45) is 0.170. The molecule has 7 heteroatoms. The number of anilines is 1. The predicted molar refractivity (Wildman–Crippen MR) is 98.2 cm³/mol. The van der Waals surface area contributed by atoms with Gasteiger partial charge < -0.3 is 10.1 Å². The normalized spacial score (nSPS) is 10.9. The zero-order valence-electron chi connectivity index (χ0n) is 14.1. The van der Waals surface area contributed by atoms with Crippen molar-refractivity contribution in [2.75, 3.05) is 30.3 Å². The SMILES string of the molecule is CN(c1ccccc1)S(=O)(=O)CCNC(=O)CCOc1ccccc1. The first-order chi connectivity index (χ1) is 12.0. The second-order valence-corrected chi connectivity index (χ2v) is 7.50. The first-order valence-corrected chi connectivity index (χ1v) is 9.56. The molecule has 2 aromatic rings. The number of hydrogen-bond acceptors (Lipinski definition) is 4. The first kappa shape index (κ1) is 18.8. The van der Waals surface area contributed by atoms with E-state index in [1.54, 1.807) is 24.3 Å². The largest absolute Gasteiger partial charge is 0.493 e. The number of hydrogen-bond donors (Lipinski definition) is 1. The minimum Gasteiger partial charge on any atom is -0.493 e. The van der Waals surface area contributed by atoms with E-state index in [0.717, 1.165) is 0 Å². The van der Waals surface area contributed by atoms with Gasteiger partial charge in [-0.1, -0.05) is 36.4 Å². The van der Waals surface area contributed by atoms with Crippen molar-refractivity contribution >= 4 is 21.6 Å². The van der Waals surface area contributed by atoms with Gasteiger partial charge in [0.05, 0.1) is 24.5 Å². The van der Waals surface area contributed by atoms with Gasteiger partial charge >= 0.3 is 0 Å². The molecular formula is C18H22N2O4S. The number of rotatable bonds is 9. The maximum absolute atomic E-state index is 12.3. The monoisotopic (exact) mass is 362 g/mol. The number of carbonyl (C=O) groups excluding carboxylic acids is 1. The van der Waals surface area contributed by atoms with Crippen molar-refractivity contribution in [3.05, 3.63) is 60.7 Å². The van der Waals surface area contributed by atoms with E-state index >= 15 is 0 Å². The Morgan fingerprint density at radius 3 is 2.28 bits per heavy atom. The van der Waals surface area contributed by atoms with Crippen LogP contribution in [0.15, 0.2) is 60.7 Å². The Morgan fingerprint density at radius 1 is 1.04 bits per heavy atom. The van der Waals surface area contributed by atoms with E-state index in [-0.39, 0.29) is 31.2 Å². The minimum atomic E-state index is -3.49.